The van der Waals surface area contributed by atoms with Crippen molar-refractivity contribution in [1.82, 2.24) is 19.2 Å². The van der Waals surface area contributed by atoms with Crippen molar-refractivity contribution >= 4 is 33.5 Å². The topological polar surface area (TPSA) is 118 Å². The number of fused-ring (bicyclic) bond motifs is 1. The summed E-state index contributed by atoms with van der Waals surface area (Å²) in [5.41, 5.74) is 3.05. The molecule has 1 aliphatic rings. The first-order chi connectivity index (χ1) is 16.2. The highest BCUT2D eigenvalue weighted by atomic mass is 32.2. The standard InChI is InChI=1S/C23H25N5O4S2/c1-4-27(5-2)34(31,32)18-8-6-7-17(13-18)22-24-25-23-28(22)26-21(19(33-23)14-20(29)30)16-11-9-15(3)10-12-16/h6-13,19H,4-5,14H2,1-3H3,(H,29,30)/t19-/m1/s1. The number of benzene rings is 2. The molecule has 1 N–H and O–H groups in total. The summed E-state index contributed by atoms with van der Waals surface area (Å²) >= 11 is 1.28. The lowest BCUT2D eigenvalue weighted by Gasteiger charge is -2.22. The first-order valence-corrected chi connectivity index (χ1v) is 13.2. The third-order valence-electron chi connectivity index (χ3n) is 5.52. The maximum absolute atomic E-state index is 13.0. The number of nitrogens with zero attached hydrogens (tertiary/aromatic N) is 5. The van der Waals surface area contributed by atoms with E-state index in [1.165, 1.54) is 16.1 Å². The van der Waals surface area contributed by atoms with Gasteiger partial charge in [0, 0.05) is 18.7 Å². The second kappa shape index (κ2) is 9.69. The van der Waals surface area contributed by atoms with Gasteiger partial charge in [-0.2, -0.15) is 14.1 Å². The number of aryl methyl sites for hydroxylation is 1. The van der Waals surface area contributed by atoms with Gasteiger partial charge in [0.25, 0.3) is 0 Å². The molecule has 0 fully saturated rings. The van der Waals surface area contributed by atoms with Crippen LogP contribution in [0.2, 0.25) is 0 Å². The van der Waals surface area contributed by atoms with Crippen LogP contribution in [-0.4, -0.2) is 62.7 Å². The average Bonchev–Trinajstić information content (AvgIpc) is 3.22. The number of thioether (sulfide) groups is 1. The molecule has 2 aromatic carbocycles. The van der Waals surface area contributed by atoms with Gasteiger partial charge in [-0.15, -0.1) is 10.2 Å². The molecule has 0 saturated heterocycles. The Labute approximate surface area is 202 Å². The SMILES string of the molecule is CCN(CC)S(=O)(=O)c1cccc(-c2nnc3n2N=C(c2ccc(C)cc2)[C@@H](CC(=O)O)S3)c1. The smallest absolute Gasteiger partial charge is 0.304 e. The zero-order valence-electron chi connectivity index (χ0n) is 19.0. The Hall–Kier alpha value is -3.02. The van der Waals surface area contributed by atoms with Gasteiger partial charge < -0.3 is 5.11 Å². The van der Waals surface area contributed by atoms with E-state index >= 15 is 0 Å². The minimum Gasteiger partial charge on any atom is -0.481 e. The summed E-state index contributed by atoms with van der Waals surface area (Å²) < 4.78 is 29.0. The van der Waals surface area contributed by atoms with Gasteiger partial charge in [0.05, 0.1) is 22.3 Å². The fourth-order valence-electron chi connectivity index (χ4n) is 3.74. The number of hydrogen-bond donors (Lipinski definition) is 1. The fraction of sp³-hybridized carbons (Fsp3) is 0.304. The monoisotopic (exact) mass is 499 g/mol. The van der Waals surface area contributed by atoms with E-state index in [1.54, 1.807) is 42.8 Å². The van der Waals surface area contributed by atoms with E-state index in [1.807, 2.05) is 31.2 Å². The predicted octanol–water partition coefficient (Wildman–Crippen LogP) is 3.49. The molecule has 178 valence electrons. The van der Waals surface area contributed by atoms with Crippen molar-refractivity contribution in [2.24, 2.45) is 5.10 Å². The van der Waals surface area contributed by atoms with Gasteiger partial charge in [-0.1, -0.05) is 67.6 Å². The lowest BCUT2D eigenvalue weighted by molar-refractivity contribution is -0.136. The van der Waals surface area contributed by atoms with E-state index in [9.17, 15) is 18.3 Å². The highest BCUT2D eigenvalue weighted by Gasteiger charge is 2.31. The van der Waals surface area contributed by atoms with Crippen molar-refractivity contribution in [3.63, 3.8) is 0 Å². The van der Waals surface area contributed by atoms with E-state index < -0.39 is 21.2 Å². The van der Waals surface area contributed by atoms with Gasteiger partial charge in [0.2, 0.25) is 15.2 Å². The van der Waals surface area contributed by atoms with Crippen LogP contribution in [0.5, 0.6) is 0 Å². The van der Waals surface area contributed by atoms with Crippen molar-refractivity contribution < 1.29 is 18.3 Å². The molecule has 34 heavy (non-hydrogen) atoms. The molecule has 1 atom stereocenters. The van der Waals surface area contributed by atoms with E-state index in [0.717, 1.165) is 11.1 Å². The van der Waals surface area contributed by atoms with Gasteiger partial charge in [-0.05, 0) is 24.6 Å². The molecule has 0 saturated carbocycles. The maximum atomic E-state index is 13.0. The third kappa shape index (κ3) is 4.63. The van der Waals surface area contributed by atoms with E-state index in [0.29, 0.717) is 35.3 Å². The van der Waals surface area contributed by atoms with E-state index in [-0.39, 0.29) is 11.3 Å². The van der Waals surface area contributed by atoms with Gasteiger partial charge in [-0.25, -0.2) is 8.42 Å². The molecule has 0 amide bonds. The Balaban J connectivity index is 1.80. The minimum absolute atomic E-state index is 0.114. The third-order valence-corrected chi connectivity index (χ3v) is 8.70. The number of aromatic nitrogens is 3. The summed E-state index contributed by atoms with van der Waals surface area (Å²) in [7, 11) is -3.65. The first-order valence-electron chi connectivity index (χ1n) is 10.8. The Bertz CT molecular complexity index is 1350. The van der Waals surface area contributed by atoms with Crippen LogP contribution in [0, 0.1) is 6.92 Å². The quantitative estimate of drug-likeness (QED) is 0.504. The van der Waals surface area contributed by atoms with Gasteiger partial charge in [0.1, 0.15) is 0 Å². The van der Waals surface area contributed by atoms with Crippen molar-refractivity contribution in [2.45, 2.75) is 42.5 Å². The van der Waals surface area contributed by atoms with Crippen LogP contribution in [0.3, 0.4) is 0 Å². The molecule has 9 nitrogen and oxygen atoms in total. The molecule has 1 aromatic heterocycles. The number of hydrogen-bond acceptors (Lipinski definition) is 7. The van der Waals surface area contributed by atoms with Gasteiger partial charge in [-0.3, -0.25) is 4.79 Å². The van der Waals surface area contributed by atoms with Crippen LogP contribution < -0.4 is 0 Å². The summed E-state index contributed by atoms with van der Waals surface area (Å²) in [6.45, 7) is 6.31. The summed E-state index contributed by atoms with van der Waals surface area (Å²) in [6.07, 6.45) is -0.114. The molecule has 4 rings (SSSR count). The number of carboxylic acids is 1. The Morgan fingerprint density at radius 1 is 1.09 bits per heavy atom. The summed E-state index contributed by atoms with van der Waals surface area (Å²) in [6, 6.07) is 14.3. The maximum Gasteiger partial charge on any atom is 0.304 e. The first kappa shape index (κ1) is 24.1. The van der Waals surface area contributed by atoms with Crippen LogP contribution in [0.15, 0.2) is 63.7 Å². The predicted molar refractivity (Wildman–Crippen MR) is 131 cm³/mol. The van der Waals surface area contributed by atoms with Crippen molar-refractivity contribution in [3.8, 4) is 11.4 Å². The summed E-state index contributed by atoms with van der Waals surface area (Å²) in [5, 5.41) is 22.7. The van der Waals surface area contributed by atoms with Crippen LogP contribution >= 0.6 is 11.8 Å². The van der Waals surface area contributed by atoms with Crippen LogP contribution in [0.25, 0.3) is 11.4 Å². The number of carboxylic acid groups (broad SMARTS) is 1. The summed E-state index contributed by atoms with van der Waals surface area (Å²) in [4.78, 5) is 11.7. The number of aliphatic carboxylic acids is 1. The second-order valence-electron chi connectivity index (χ2n) is 7.79. The van der Waals surface area contributed by atoms with Gasteiger partial charge in [0.15, 0.2) is 5.82 Å². The lowest BCUT2D eigenvalue weighted by atomic mass is 10.0. The molecular weight excluding hydrogens is 474 g/mol. The van der Waals surface area contributed by atoms with Crippen LogP contribution in [-0.2, 0) is 14.8 Å². The Morgan fingerprint density at radius 2 is 1.79 bits per heavy atom. The molecule has 0 unspecified atom stereocenters. The molecular formula is C23H25N5O4S2. The molecule has 3 aromatic rings. The van der Waals surface area contributed by atoms with Gasteiger partial charge >= 0.3 is 5.97 Å². The largest absolute Gasteiger partial charge is 0.481 e. The van der Waals surface area contributed by atoms with Crippen LogP contribution in [0.1, 0.15) is 31.4 Å². The second-order valence-corrected chi connectivity index (χ2v) is 10.9. The minimum atomic E-state index is -3.65. The molecule has 0 aliphatic carbocycles. The molecule has 2 heterocycles. The zero-order chi connectivity index (χ0) is 24.5. The normalized spacial score (nSPS) is 15.8. The summed E-state index contributed by atoms with van der Waals surface area (Å²) in [5.74, 6) is -0.544. The molecule has 11 heteroatoms. The van der Waals surface area contributed by atoms with Crippen molar-refractivity contribution in [1.29, 1.82) is 0 Å². The van der Waals surface area contributed by atoms with Crippen molar-refractivity contribution in [3.05, 3.63) is 59.7 Å². The average molecular weight is 500 g/mol. The molecule has 1 aliphatic heterocycles. The molecule has 0 radical (unpaired) electrons. The zero-order valence-corrected chi connectivity index (χ0v) is 20.7. The molecule has 0 bridgehead atoms. The Kier molecular flexibility index (Phi) is 6.87. The van der Waals surface area contributed by atoms with Crippen LogP contribution in [0.4, 0.5) is 0 Å². The highest BCUT2D eigenvalue weighted by molar-refractivity contribution is 8.00. The lowest BCUT2D eigenvalue weighted by Crippen LogP contribution is -2.30. The fourth-order valence-corrected chi connectivity index (χ4v) is 6.33. The molecule has 0 spiro atoms. The highest BCUT2D eigenvalue weighted by Crippen LogP contribution is 2.35. The van der Waals surface area contributed by atoms with Crippen molar-refractivity contribution in [2.75, 3.05) is 13.1 Å². The van der Waals surface area contributed by atoms with E-state index in [4.69, 9.17) is 5.10 Å². The Morgan fingerprint density at radius 3 is 2.44 bits per heavy atom. The van der Waals surface area contributed by atoms with E-state index in [2.05, 4.69) is 10.2 Å². The number of carbonyl (C=O) groups is 1. The number of rotatable bonds is 8. The number of sulfonamides is 1.